The number of carbonyl (C=O) groups is 1. The van der Waals surface area contributed by atoms with Gasteiger partial charge in [0, 0.05) is 24.2 Å². The maximum absolute atomic E-state index is 13.6. The monoisotopic (exact) mass is 750 g/mol. The van der Waals surface area contributed by atoms with Crippen LogP contribution < -0.4 is 5.43 Å². The van der Waals surface area contributed by atoms with Crippen molar-refractivity contribution < 1.29 is 9.53 Å². The zero-order valence-electron chi connectivity index (χ0n) is 32.3. The van der Waals surface area contributed by atoms with Crippen molar-refractivity contribution in [3.63, 3.8) is 0 Å². The molecule has 0 saturated carbocycles. The molecule has 1 aliphatic rings. The van der Waals surface area contributed by atoms with Crippen molar-refractivity contribution in [2.75, 3.05) is 13.2 Å². The molecule has 0 aliphatic carbocycles. The predicted molar refractivity (Wildman–Crippen MR) is 225 cm³/mol. The van der Waals surface area contributed by atoms with Crippen molar-refractivity contribution in [3.8, 4) is 22.5 Å². The minimum atomic E-state index is -0.873. The van der Waals surface area contributed by atoms with E-state index in [1.165, 1.54) is 0 Å². The standard InChI is InChI=1S/C49H46N6O2/c1-3-5-34-54-44(45(48(56)57-4-2)46(51-54)38-20-10-6-11-21-38)35-36-30-32-37(33-31-36)42-28-18-19-29-43(42)47-50-53-55(52-47)49(39-22-12-7-13-23-39,40-24-14-8-15-25-40)41-26-16-9-17-27-41/h6-33,46,51H,3-5,34-35H2,1-2H3. The summed E-state index contributed by atoms with van der Waals surface area (Å²) in [4.78, 5) is 15.4. The molecule has 2 heterocycles. The van der Waals surface area contributed by atoms with E-state index in [0.717, 1.165) is 69.6 Å². The van der Waals surface area contributed by atoms with Gasteiger partial charge in [-0.1, -0.05) is 183 Å². The topological polar surface area (TPSA) is 85.2 Å². The van der Waals surface area contributed by atoms with E-state index in [1.54, 1.807) is 4.80 Å². The first-order valence-corrected chi connectivity index (χ1v) is 19.8. The molecule has 6 aromatic carbocycles. The summed E-state index contributed by atoms with van der Waals surface area (Å²) in [6, 6.07) is 57.7. The van der Waals surface area contributed by atoms with Gasteiger partial charge in [0.25, 0.3) is 0 Å². The number of hydrogen-bond acceptors (Lipinski definition) is 7. The van der Waals surface area contributed by atoms with Crippen molar-refractivity contribution in [3.05, 3.63) is 209 Å². The summed E-state index contributed by atoms with van der Waals surface area (Å²) in [5.74, 6) is 0.247. The Morgan fingerprint density at radius 2 is 1.23 bits per heavy atom. The van der Waals surface area contributed by atoms with E-state index in [2.05, 4.69) is 139 Å². The number of nitrogens with zero attached hydrogens (tertiary/aromatic N) is 5. The van der Waals surface area contributed by atoms with E-state index in [-0.39, 0.29) is 12.0 Å². The van der Waals surface area contributed by atoms with Crippen LogP contribution >= 0.6 is 0 Å². The number of hydrogen-bond donors (Lipinski definition) is 1. The quantitative estimate of drug-likeness (QED) is 0.0876. The minimum absolute atomic E-state index is 0.283. The third kappa shape index (κ3) is 7.39. The first-order chi connectivity index (χ1) is 28.1. The molecule has 1 N–H and O–H groups in total. The van der Waals surface area contributed by atoms with E-state index >= 15 is 0 Å². The van der Waals surface area contributed by atoms with Crippen LogP contribution in [-0.4, -0.2) is 44.3 Å². The first-order valence-electron chi connectivity index (χ1n) is 19.8. The van der Waals surface area contributed by atoms with Crippen LogP contribution in [0.4, 0.5) is 0 Å². The van der Waals surface area contributed by atoms with E-state index in [0.29, 0.717) is 24.4 Å². The maximum Gasteiger partial charge on any atom is 0.337 e. The van der Waals surface area contributed by atoms with Crippen LogP contribution in [0, 0.1) is 0 Å². The third-order valence-electron chi connectivity index (χ3n) is 10.7. The summed E-state index contributed by atoms with van der Waals surface area (Å²) < 4.78 is 5.65. The molecule has 0 amide bonds. The molecule has 0 radical (unpaired) electrons. The number of hydrazine groups is 1. The number of nitrogens with one attached hydrogen (secondary N) is 1. The van der Waals surface area contributed by atoms with Crippen molar-refractivity contribution in [2.45, 2.75) is 44.7 Å². The molecule has 0 spiro atoms. The van der Waals surface area contributed by atoms with Crippen LogP contribution in [-0.2, 0) is 21.5 Å². The molecule has 8 nitrogen and oxygen atoms in total. The van der Waals surface area contributed by atoms with E-state index in [9.17, 15) is 4.79 Å². The average molecular weight is 751 g/mol. The number of ether oxygens (including phenoxy) is 1. The van der Waals surface area contributed by atoms with E-state index < -0.39 is 5.54 Å². The van der Waals surface area contributed by atoms with Crippen molar-refractivity contribution in [1.82, 2.24) is 30.6 Å². The summed E-state index contributed by atoms with van der Waals surface area (Å²) >= 11 is 0. The van der Waals surface area contributed by atoms with Gasteiger partial charge in [0.2, 0.25) is 5.82 Å². The van der Waals surface area contributed by atoms with E-state index in [4.69, 9.17) is 20.1 Å². The average Bonchev–Trinajstić information content (AvgIpc) is 3.91. The lowest BCUT2D eigenvalue weighted by molar-refractivity contribution is -0.138. The highest BCUT2D eigenvalue weighted by Crippen LogP contribution is 2.41. The van der Waals surface area contributed by atoms with Crippen LogP contribution in [0.25, 0.3) is 22.5 Å². The molecule has 1 unspecified atom stereocenters. The summed E-state index contributed by atoms with van der Waals surface area (Å²) in [5, 5.41) is 16.9. The Labute approximate surface area is 334 Å². The molecule has 8 heteroatoms. The van der Waals surface area contributed by atoms with Crippen LogP contribution in [0.15, 0.2) is 181 Å². The van der Waals surface area contributed by atoms with Gasteiger partial charge in [-0.25, -0.2) is 10.2 Å². The highest BCUT2D eigenvalue weighted by Gasteiger charge is 2.41. The number of benzene rings is 6. The Bertz CT molecular complexity index is 2330. The molecule has 0 saturated heterocycles. The smallest absolute Gasteiger partial charge is 0.337 e. The van der Waals surface area contributed by atoms with Crippen LogP contribution in [0.1, 0.15) is 60.5 Å². The molecule has 1 aliphatic heterocycles. The van der Waals surface area contributed by atoms with Gasteiger partial charge in [-0.3, -0.25) is 0 Å². The Morgan fingerprint density at radius 3 is 1.79 bits per heavy atom. The van der Waals surface area contributed by atoms with Gasteiger partial charge < -0.3 is 9.75 Å². The number of carbonyl (C=O) groups excluding carboxylic acids is 1. The van der Waals surface area contributed by atoms with Gasteiger partial charge >= 0.3 is 5.97 Å². The van der Waals surface area contributed by atoms with Crippen molar-refractivity contribution >= 4 is 5.97 Å². The Balaban J connectivity index is 1.16. The zero-order chi connectivity index (χ0) is 39.0. The molecule has 57 heavy (non-hydrogen) atoms. The minimum Gasteiger partial charge on any atom is -0.463 e. The van der Waals surface area contributed by atoms with Gasteiger partial charge in [0.1, 0.15) is 0 Å². The van der Waals surface area contributed by atoms with Crippen molar-refractivity contribution in [2.24, 2.45) is 0 Å². The van der Waals surface area contributed by atoms with E-state index in [1.807, 2.05) is 55.5 Å². The van der Waals surface area contributed by atoms with Gasteiger partial charge in [-0.15, -0.1) is 15.0 Å². The highest BCUT2D eigenvalue weighted by molar-refractivity contribution is 5.91. The second-order valence-corrected chi connectivity index (χ2v) is 14.2. The van der Waals surface area contributed by atoms with Crippen LogP contribution in [0.2, 0.25) is 0 Å². The molecule has 8 rings (SSSR count). The number of allylic oxidation sites excluding steroid dienone is 1. The van der Waals surface area contributed by atoms with Gasteiger partial charge in [0.05, 0.1) is 18.2 Å². The molecule has 284 valence electrons. The largest absolute Gasteiger partial charge is 0.463 e. The summed E-state index contributed by atoms with van der Waals surface area (Å²) in [5.41, 5.74) is 12.5. The predicted octanol–water partition coefficient (Wildman–Crippen LogP) is 9.57. The first kappa shape index (κ1) is 37.3. The molecule has 1 atom stereocenters. The third-order valence-corrected chi connectivity index (χ3v) is 10.7. The van der Waals surface area contributed by atoms with Crippen molar-refractivity contribution in [1.29, 1.82) is 0 Å². The normalized spacial score (nSPS) is 14.2. The lowest BCUT2D eigenvalue weighted by Gasteiger charge is -2.34. The fraction of sp³-hybridized carbons (Fsp3) is 0.184. The zero-order valence-corrected chi connectivity index (χ0v) is 32.3. The number of rotatable bonds is 14. The lowest BCUT2D eigenvalue weighted by atomic mass is 9.77. The second kappa shape index (κ2) is 17.0. The maximum atomic E-state index is 13.6. The summed E-state index contributed by atoms with van der Waals surface area (Å²) in [6.07, 6.45) is 2.61. The number of aromatic nitrogens is 4. The second-order valence-electron chi connectivity index (χ2n) is 14.2. The SMILES string of the molecule is CCCCN1NC(c2ccccc2)C(C(=O)OCC)=C1Cc1ccc(-c2ccccc2-c2nnn(C(c3ccccc3)(c3ccccc3)c3ccccc3)n2)cc1. The van der Waals surface area contributed by atoms with Crippen LogP contribution in [0.3, 0.4) is 0 Å². The number of esters is 1. The molecular weight excluding hydrogens is 705 g/mol. The molecule has 1 aromatic heterocycles. The summed E-state index contributed by atoms with van der Waals surface area (Å²) in [7, 11) is 0. The Hall–Kier alpha value is -6.64. The molecular formula is C49H46N6O2. The fourth-order valence-corrected chi connectivity index (χ4v) is 7.92. The number of unbranched alkanes of at least 4 members (excludes halogenated alkanes) is 1. The Morgan fingerprint density at radius 1 is 0.684 bits per heavy atom. The highest BCUT2D eigenvalue weighted by atomic mass is 16.5. The van der Waals surface area contributed by atoms with Gasteiger partial charge in [0.15, 0.2) is 5.54 Å². The lowest BCUT2D eigenvalue weighted by Crippen LogP contribution is -2.39. The van der Waals surface area contributed by atoms with Gasteiger partial charge in [-0.05, 0) is 57.5 Å². The van der Waals surface area contributed by atoms with Gasteiger partial charge in [-0.2, -0.15) is 0 Å². The fourth-order valence-electron chi connectivity index (χ4n) is 7.92. The Kier molecular flexibility index (Phi) is 11.1. The molecule has 0 bridgehead atoms. The van der Waals surface area contributed by atoms with Crippen LogP contribution in [0.5, 0.6) is 0 Å². The molecule has 0 fully saturated rings. The molecule has 7 aromatic rings. The summed E-state index contributed by atoms with van der Waals surface area (Å²) in [6.45, 7) is 5.14. The number of tetrazole rings is 1.